The van der Waals surface area contributed by atoms with Gasteiger partial charge in [-0.1, -0.05) is 0 Å². The third kappa shape index (κ3) is 6.85. The first-order valence-electron chi connectivity index (χ1n) is 11.0. The van der Waals surface area contributed by atoms with Gasteiger partial charge in [-0.2, -0.15) is 0 Å². The molecule has 1 unspecified atom stereocenters. The van der Waals surface area contributed by atoms with Crippen molar-refractivity contribution in [1.82, 2.24) is 19.9 Å². The van der Waals surface area contributed by atoms with E-state index in [1.165, 1.54) is 22.9 Å². The van der Waals surface area contributed by atoms with E-state index in [2.05, 4.69) is 24.9 Å². The summed E-state index contributed by atoms with van der Waals surface area (Å²) in [5, 5.41) is 20.8. The van der Waals surface area contributed by atoms with Crippen LogP contribution in [0, 0.1) is 12.8 Å². The molecule has 1 atom stereocenters. The van der Waals surface area contributed by atoms with Crippen molar-refractivity contribution in [3.05, 3.63) is 71.1 Å². The number of pyridine rings is 3. The molecule has 180 valence electrons. The number of hydrogen-bond donors (Lipinski definition) is 3. The van der Waals surface area contributed by atoms with Crippen LogP contribution in [0.1, 0.15) is 25.1 Å². The summed E-state index contributed by atoms with van der Waals surface area (Å²) < 4.78 is 6.20. The number of aryl methyl sites for hydroxylation is 1. The summed E-state index contributed by atoms with van der Waals surface area (Å²) in [5.41, 5.74) is 0.642. The zero-order valence-corrected chi connectivity index (χ0v) is 21.3. The van der Waals surface area contributed by atoms with Crippen LogP contribution in [0.25, 0.3) is 0 Å². The number of aromatic amines is 1. The minimum absolute atomic E-state index is 0.112. The van der Waals surface area contributed by atoms with Gasteiger partial charge in [0.15, 0.2) is 0 Å². The SMILES string of the molecule is Cc1ncccc1Oc1cc(Sc2ccccn2)cnc1/N=c1/[nH]c(CC(CO)C(C)(C)O)bs1. The molecule has 3 N–H and O–H groups in total. The van der Waals surface area contributed by atoms with Crippen LogP contribution >= 0.6 is 22.9 Å². The average Bonchev–Trinajstić information content (AvgIpc) is 3.27. The van der Waals surface area contributed by atoms with E-state index >= 15 is 0 Å². The van der Waals surface area contributed by atoms with Crippen LogP contribution in [0.15, 0.2) is 69.9 Å². The Morgan fingerprint density at radius 1 is 1.17 bits per heavy atom. The maximum atomic E-state index is 10.3. The molecule has 4 aromatic heterocycles. The molecule has 4 rings (SSSR count). The van der Waals surface area contributed by atoms with Gasteiger partial charge in [0.1, 0.15) is 0 Å². The number of ether oxygens (including phenoxy) is 1. The second kappa shape index (κ2) is 11.3. The van der Waals surface area contributed by atoms with Crippen LogP contribution in [0.4, 0.5) is 5.82 Å². The molecule has 0 saturated heterocycles. The van der Waals surface area contributed by atoms with Crippen LogP contribution in [0.3, 0.4) is 0 Å². The Bertz CT molecular complexity index is 1340. The molecule has 0 aliphatic heterocycles. The fourth-order valence-electron chi connectivity index (χ4n) is 3.23. The molecular weight excluding hydrogens is 481 g/mol. The first-order valence-corrected chi connectivity index (χ1v) is 12.7. The van der Waals surface area contributed by atoms with E-state index in [0.717, 1.165) is 21.2 Å². The number of aliphatic hydroxyl groups is 2. The number of nitrogens with zero attached hydrogens (tertiary/aromatic N) is 4. The topological polar surface area (TPSA) is 117 Å². The molecule has 11 heteroatoms. The van der Waals surface area contributed by atoms with E-state index in [0.29, 0.717) is 28.5 Å². The molecule has 8 nitrogen and oxygen atoms in total. The van der Waals surface area contributed by atoms with E-state index in [4.69, 9.17) is 4.74 Å². The Kier molecular flexibility index (Phi) is 8.12. The Labute approximate surface area is 212 Å². The van der Waals surface area contributed by atoms with Crippen molar-refractivity contribution in [3.8, 4) is 11.5 Å². The Morgan fingerprint density at radius 2 is 2.00 bits per heavy atom. The van der Waals surface area contributed by atoms with Gasteiger partial charge >= 0.3 is 213 Å². The summed E-state index contributed by atoms with van der Waals surface area (Å²) in [6.45, 7) is 5.17. The van der Waals surface area contributed by atoms with Gasteiger partial charge in [0, 0.05) is 0 Å². The van der Waals surface area contributed by atoms with Crippen LogP contribution in [-0.4, -0.2) is 48.5 Å². The molecule has 0 aromatic carbocycles. The molecule has 4 aromatic rings. The summed E-state index contributed by atoms with van der Waals surface area (Å²) in [6.07, 6.45) is 7.64. The van der Waals surface area contributed by atoms with Gasteiger partial charge in [0.2, 0.25) is 0 Å². The number of aliphatic hydroxyl groups excluding tert-OH is 1. The Hall–Kier alpha value is -2.86. The van der Waals surface area contributed by atoms with Gasteiger partial charge in [-0.05, 0) is 0 Å². The quantitative estimate of drug-likeness (QED) is 0.314. The second-order valence-electron chi connectivity index (χ2n) is 8.49. The average molecular weight is 507 g/mol. The zero-order valence-electron chi connectivity index (χ0n) is 19.7. The first-order chi connectivity index (χ1) is 16.8. The zero-order chi connectivity index (χ0) is 24.8. The van der Waals surface area contributed by atoms with Crippen molar-refractivity contribution < 1.29 is 14.9 Å². The van der Waals surface area contributed by atoms with Crippen molar-refractivity contribution in [1.29, 1.82) is 0 Å². The molecule has 0 spiro atoms. The van der Waals surface area contributed by atoms with Gasteiger partial charge in [-0.25, -0.2) is 0 Å². The third-order valence-electron chi connectivity index (χ3n) is 5.32. The molecule has 0 aliphatic carbocycles. The first kappa shape index (κ1) is 25.2. The van der Waals surface area contributed by atoms with Gasteiger partial charge in [-0.15, -0.1) is 0 Å². The standard InChI is InChI=1S/C24H26BN5O3S2/c1-15-18(7-6-10-26-15)33-19-12-17(34-21-8-4-5-9-27-21)13-28-22(19)30-23-29-20(25-35-23)11-16(14-31)24(2,3)32/h4-10,12-13,16,31-32H,11,14H2,1-3H3,(H,28,29,30). The van der Waals surface area contributed by atoms with E-state index in [1.54, 1.807) is 32.4 Å². The van der Waals surface area contributed by atoms with Gasteiger partial charge in [-0.3, -0.25) is 0 Å². The van der Waals surface area contributed by atoms with Gasteiger partial charge in [0.05, 0.1) is 0 Å². The summed E-state index contributed by atoms with van der Waals surface area (Å²) >= 11 is 2.91. The van der Waals surface area contributed by atoms with Gasteiger partial charge < -0.3 is 0 Å². The molecule has 0 saturated carbocycles. The van der Waals surface area contributed by atoms with Crippen LogP contribution in [-0.2, 0) is 6.42 Å². The fourth-order valence-corrected chi connectivity index (χ4v) is 4.75. The normalized spacial score (nSPS) is 13.0. The van der Waals surface area contributed by atoms with Crippen molar-refractivity contribution in [2.75, 3.05) is 6.61 Å². The van der Waals surface area contributed by atoms with Gasteiger partial charge in [0.25, 0.3) is 0 Å². The molecule has 0 amide bonds. The molecule has 35 heavy (non-hydrogen) atoms. The summed E-state index contributed by atoms with van der Waals surface area (Å²) in [5.74, 6) is 1.24. The number of H-pyrrole nitrogens is 1. The van der Waals surface area contributed by atoms with E-state index in [1.807, 2.05) is 49.5 Å². The fraction of sp³-hybridized carbons (Fsp3) is 0.292. The van der Waals surface area contributed by atoms with Crippen molar-refractivity contribution >= 4 is 34.9 Å². The molecular formula is C24H26BN5O3S2. The second-order valence-corrected chi connectivity index (χ2v) is 10.4. The predicted molar refractivity (Wildman–Crippen MR) is 137 cm³/mol. The van der Waals surface area contributed by atoms with E-state index < -0.39 is 5.60 Å². The number of hydrogen-bond acceptors (Lipinski definition) is 9. The number of aromatic nitrogens is 4. The molecule has 0 fully saturated rings. The molecule has 4 heterocycles. The van der Waals surface area contributed by atoms with E-state index in [9.17, 15) is 10.2 Å². The Morgan fingerprint density at radius 3 is 2.71 bits per heavy atom. The van der Waals surface area contributed by atoms with Crippen molar-refractivity contribution in [3.63, 3.8) is 0 Å². The maximum absolute atomic E-state index is 10.3. The van der Waals surface area contributed by atoms with Crippen molar-refractivity contribution in [2.24, 2.45) is 10.9 Å². The third-order valence-corrected chi connectivity index (χ3v) is 7.05. The molecule has 0 radical (unpaired) electrons. The Balaban J connectivity index is 1.66. The van der Waals surface area contributed by atoms with Crippen LogP contribution < -0.4 is 9.54 Å². The monoisotopic (exact) mass is 507 g/mol. The summed E-state index contributed by atoms with van der Waals surface area (Å²) in [7, 11) is 0. The molecule has 0 aliphatic rings. The number of nitrogens with one attached hydrogen (secondary N) is 1. The molecule has 0 bridgehead atoms. The van der Waals surface area contributed by atoms with E-state index in [-0.39, 0.29) is 12.5 Å². The predicted octanol–water partition coefficient (Wildman–Crippen LogP) is 4.01. The van der Waals surface area contributed by atoms with Crippen LogP contribution in [0.5, 0.6) is 11.5 Å². The van der Waals surface area contributed by atoms with Crippen molar-refractivity contribution in [2.45, 2.75) is 42.7 Å². The summed E-state index contributed by atoms with van der Waals surface area (Å²) in [4.78, 5) is 22.7. The minimum atomic E-state index is -0.993. The number of rotatable bonds is 9. The summed E-state index contributed by atoms with van der Waals surface area (Å²) in [6, 6.07) is 11.3. The van der Waals surface area contributed by atoms with Crippen LogP contribution in [0.2, 0.25) is 0 Å².